The highest BCUT2D eigenvalue weighted by Gasteiger charge is 2.35. The molecule has 0 bridgehead atoms. The Bertz CT molecular complexity index is 1850. The maximum Gasteiger partial charge on any atom is 0.254 e. The number of pyridine rings is 1. The smallest absolute Gasteiger partial charge is 0.254 e. The number of rotatable bonds is 14. The summed E-state index contributed by atoms with van der Waals surface area (Å²) in [5.41, 5.74) is 12.4. The summed E-state index contributed by atoms with van der Waals surface area (Å²) in [6.07, 6.45) is 4.65. The summed E-state index contributed by atoms with van der Waals surface area (Å²) in [6, 6.07) is 36.8. The molecule has 0 fully saturated rings. The average Bonchev–Trinajstić information content (AvgIpc) is 3.16. The Labute approximate surface area is 295 Å². The first-order chi connectivity index (χ1) is 24.2. The van der Waals surface area contributed by atoms with E-state index in [9.17, 15) is 14.4 Å². The van der Waals surface area contributed by atoms with Gasteiger partial charge in [-0.2, -0.15) is 0 Å². The maximum atomic E-state index is 14.6. The van der Waals surface area contributed by atoms with Crippen LogP contribution in [0.1, 0.15) is 45.6 Å². The lowest BCUT2D eigenvalue weighted by atomic mass is 9.97. The van der Waals surface area contributed by atoms with Gasteiger partial charge in [0.15, 0.2) is 0 Å². The number of hydrogen-bond donors (Lipinski definition) is 2. The number of carbonyl (C=O) groups excluding carboxylic acids is 3. The molecule has 0 radical (unpaired) electrons. The molecule has 1 heterocycles. The van der Waals surface area contributed by atoms with E-state index < -0.39 is 12.1 Å². The van der Waals surface area contributed by atoms with Gasteiger partial charge in [0.2, 0.25) is 11.8 Å². The number of likely N-dealkylation sites (N-methyl/N-ethyl adjacent to an activating group) is 2. The molecule has 5 rings (SSSR count). The molecule has 50 heavy (non-hydrogen) atoms. The van der Waals surface area contributed by atoms with Crippen molar-refractivity contribution in [1.82, 2.24) is 20.1 Å². The molecule has 3 amide bonds. The monoisotopic (exact) mass is 667 g/mol. The lowest BCUT2D eigenvalue weighted by Gasteiger charge is -2.35. The topological polar surface area (TPSA) is 109 Å². The molecule has 0 saturated heterocycles. The van der Waals surface area contributed by atoms with E-state index in [0.717, 1.165) is 33.4 Å². The van der Waals surface area contributed by atoms with Crippen LogP contribution in [0.3, 0.4) is 0 Å². The SMILES string of the molecule is CC(N)c1cccc(C(=O)N(C)[C@H](Cc2ccc(-c3ccccc3)cc2)C(=O)N(C)[C@H](Cc2ccccc2)C(=O)NCCc2ccncc2)c1. The third-order valence-corrected chi connectivity index (χ3v) is 9.07. The number of hydrogen-bond acceptors (Lipinski definition) is 5. The molecule has 8 nitrogen and oxygen atoms in total. The van der Waals surface area contributed by atoms with Crippen LogP contribution in [0.15, 0.2) is 134 Å². The van der Waals surface area contributed by atoms with E-state index in [1.807, 2.05) is 110 Å². The van der Waals surface area contributed by atoms with Crippen molar-refractivity contribution in [3.8, 4) is 11.1 Å². The Balaban J connectivity index is 1.43. The van der Waals surface area contributed by atoms with E-state index in [-0.39, 0.29) is 30.2 Å². The molecule has 1 aromatic heterocycles. The van der Waals surface area contributed by atoms with Gasteiger partial charge in [-0.25, -0.2) is 0 Å². The normalized spacial score (nSPS) is 12.7. The first-order valence-corrected chi connectivity index (χ1v) is 17.0. The van der Waals surface area contributed by atoms with Crippen molar-refractivity contribution in [3.05, 3.63) is 162 Å². The number of nitrogens with zero attached hydrogens (tertiary/aromatic N) is 3. The Morgan fingerprint density at radius 2 is 1.28 bits per heavy atom. The first kappa shape index (κ1) is 35.7. The van der Waals surface area contributed by atoms with E-state index in [0.29, 0.717) is 24.9 Å². The van der Waals surface area contributed by atoms with Crippen molar-refractivity contribution in [2.24, 2.45) is 5.73 Å². The van der Waals surface area contributed by atoms with Crippen molar-refractivity contribution < 1.29 is 14.4 Å². The van der Waals surface area contributed by atoms with E-state index in [1.54, 1.807) is 44.7 Å². The summed E-state index contributed by atoms with van der Waals surface area (Å²) in [5, 5.41) is 3.05. The summed E-state index contributed by atoms with van der Waals surface area (Å²) in [5.74, 6) is -0.897. The van der Waals surface area contributed by atoms with Crippen molar-refractivity contribution in [2.45, 2.75) is 44.3 Å². The maximum absolute atomic E-state index is 14.6. The zero-order valence-corrected chi connectivity index (χ0v) is 28.9. The third kappa shape index (κ3) is 9.30. The Morgan fingerprint density at radius 1 is 0.680 bits per heavy atom. The molecule has 0 aliphatic carbocycles. The fourth-order valence-electron chi connectivity index (χ4n) is 6.01. The van der Waals surface area contributed by atoms with Crippen molar-refractivity contribution in [2.75, 3.05) is 20.6 Å². The van der Waals surface area contributed by atoms with Crippen LogP contribution < -0.4 is 11.1 Å². The minimum Gasteiger partial charge on any atom is -0.354 e. The van der Waals surface area contributed by atoms with Gasteiger partial charge in [-0.1, -0.05) is 97.1 Å². The van der Waals surface area contributed by atoms with Crippen molar-refractivity contribution in [3.63, 3.8) is 0 Å². The molecule has 0 spiro atoms. The lowest BCUT2D eigenvalue weighted by molar-refractivity contribution is -0.142. The van der Waals surface area contributed by atoms with Crippen LogP contribution >= 0.6 is 0 Å². The van der Waals surface area contributed by atoms with E-state index in [4.69, 9.17) is 5.73 Å². The van der Waals surface area contributed by atoms with Gasteiger partial charge in [0, 0.05) is 57.5 Å². The van der Waals surface area contributed by atoms with Gasteiger partial charge in [0.05, 0.1) is 0 Å². The minimum absolute atomic E-state index is 0.254. The molecule has 5 aromatic rings. The quantitative estimate of drug-likeness (QED) is 0.154. The molecule has 256 valence electrons. The van der Waals surface area contributed by atoms with Crippen LogP contribution in [0.2, 0.25) is 0 Å². The predicted molar refractivity (Wildman–Crippen MR) is 198 cm³/mol. The molecule has 4 aromatic carbocycles. The zero-order chi connectivity index (χ0) is 35.5. The number of aromatic nitrogens is 1. The van der Waals surface area contributed by atoms with Gasteiger partial charge in [-0.15, -0.1) is 0 Å². The summed E-state index contributed by atoms with van der Waals surface area (Å²) >= 11 is 0. The first-order valence-electron chi connectivity index (χ1n) is 17.0. The number of nitrogens with two attached hydrogens (primary N) is 1. The fourth-order valence-corrected chi connectivity index (χ4v) is 6.01. The van der Waals surface area contributed by atoms with Gasteiger partial charge in [-0.3, -0.25) is 19.4 Å². The Hall–Kier alpha value is -5.60. The summed E-state index contributed by atoms with van der Waals surface area (Å²) < 4.78 is 0. The van der Waals surface area contributed by atoms with Gasteiger partial charge >= 0.3 is 0 Å². The van der Waals surface area contributed by atoms with Gasteiger partial charge < -0.3 is 20.9 Å². The highest BCUT2D eigenvalue weighted by molar-refractivity contribution is 5.98. The summed E-state index contributed by atoms with van der Waals surface area (Å²) in [4.78, 5) is 49.6. The third-order valence-electron chi connectivity index (χ3n) is 9.07. The summed E-state index contributed by atoms with van der Waals surface area (Å²) in [7, 11) is 3.30. The molecule has 1 unspecified atom stereocenters. The van der Waals surface area contributed by atoms with Crippen LogP contribution in [-0.4, -0.2) is 65.2 Å². The molecule has 3 N–H and O–H groups in total. The lowest BCUT2D eigenvalue weighted by Crippen LogP contribution is -2.56. The molecule has 0 saturated carbocycles. The Morgan fingerprint density at radius 3 is 1.94 bits per heavy atom. The molecule has 0 aliphatic rings. The highest BCUT2D eigenvalue weighted by atomic mass is 16.2. The van der Waals surface area contributed by atoms with Gasteiger partial charge in [0.25, 0.3) is 5.91 Å². The van der Waals surface area contributed by atoms with Crippen LogP contribution in [0.5, 0.6) is 0 Å². The second-order valence-electron chi connectivity index (χ2n) is 12.7. The second-order valence-corrected chi connectivity index (χ2v) is 12.7. The molecular formula is C42H45N5O3. The number of amides is 3. The van der Waals surface area contributed by atoms with E-state index >= 15 is 0 Å². The molecule has 8 heteroatoms. The van der Waals surface area contributed by atoms with Gasteiger partial charge in [0.1, 0.15) is 12.1 Å². The zero-order valence-electron chi connectivity index (χ0n) is 28.9. The number of benzene rings is 4. The van der Waals surface area contributed by atoms with Crippen LogP contribution in [0, 0.1) is 0 Å². The fraction of sp³-hybridized carbons (Fsp3) is 0.238. The number of nitrogens with one attached hydrogen (secondary N) is 1. The Kier molecular flexibility index (Phi) is 12.3. The summed E-state index contributed by atoms with van der Waals surface area (Å²) in [6.45, 7) is 2.27. The predicted octanol–water partition coefficient (Wildman–Crippen LogP) is 5.88. The van der Waals surface area contributed by atoms with E-state index in [2.05, 4.69) is 10.3 Å². The number of carbonyl (C=O) groups is 3. The van der Waals surface area contributed by atoms with E-state index in [1.165, 1.54) is 9.80 Å². The van der Waals surface area contributed by atoms with Crippen molar-refractivity contribution >= 4 is 17.7 Å². The standard InChI is InChI=1S/C42H45N5O3/c1-30(43)36-15-10-16-37(29-36)41(49)47(3)39(28-33-17-19-35(20-18-33)34-13-8-5-9-14-34)42(50)46(2)38(27-32-11-6-4-7-12-32)40(48)45-26-23-31-21-24-44-25-22-31/h4-22,24-25,29-30,38-39H,23,26-28,43H2,1-3H3,(H,45,48)/t30?,38-,39-/m1/s1. The molecular weight excluding hydrogens is 622 g/mol. The van der Waals surface area contributed by atoms with Crippen molar-refractivity contribution in [1.29, 1.82) is 0 Å². The van der Waals surface area contributed by atoms with Gasteiger partial charge in [-0.05, 0) is 71.0 Å². The minimum atomic E-state index is -0.892. The molecule has 0 aliphatic heterocycles. The highest BCUT2D eigenvalue weighted by Crippen LogP contribution is 2.23. The second kappa shape index (κ2) is 17.2. The van der Waals surface area contributed by atoms with Crippen LogP contribution in [0.4, 0.5) is 0 Å². The largest absolute Gasteiger partial charge is 0.354 e. The molecule has 3 atom stereocenters. The van der Waals surface area contributed by atoms with Crippen LogP contribution in [0.25, 0.3) is 11.1 Å². The average molecular weight is 668 g/mol. The van der Waals surface area contributed by atoms with Crippen LogP contribution in [-0.2, 0) is 28.9 Å².